The SMILES string of the molecule is Cc1cccc2c1C(=CNc1ccc(N3CCC(C)CC3)c(F)c1)C(=O)N2. The van der Waals surface area contributed by atoms with Crippen LogP contribution in [0.25, 0.3) is 5.57 Å². The number of hydrogen-bond donors (Lipinski definition) is 2. The molecule has 2 heterocycles. The highest BCUT2D eigenvalue weighted by atomic mass is 19.1. The van der Waals surface area contributed by atoms with Gasteiger partial charge in [-0.2, -0.15) is 0 Å². The lowest BCUT2D eigenvalue weighted by molar-refractivity contribution is -0.110. The number of anilines is 3. The molecule has 0 saturated carbocycles. The van der Waals surface area contributed by atoms with Gasteiger partial charge in [-0.1, -0.05) is 19.1 Å². The third-order valence-corrected chi connectivity index (χ3v) is 5.49. The van der Waals surface area contributed by atoms with E-state index < -0.39 is 0 Å². The molecule has 2 aromatic carbocycles. The van der Waals surface area contributed by atoms with Gasteiger partial charge in [0.05, 0.1) is 11.3 Å². The van der Waals surface area contributed by atoms with Crippen molar-refractivity contribution in [3.63, 3.8) is 0 Å². The first-order chi connectivity index (χ1) is 13.0. The van der Waals surface area contributed by atoms with Crippen LogP contribution < -0.4 is 15.5 Å². The highest BCUT2D eigenvalue weighted by Crippen LogP contribution is 2.34. The van der Waals surface area contributed by atoms with Gasteiger partial charge in [-0.15, -0.1) is 0 Å². The third-order valence-electron chi connectivity index (χ3n) is 5.49. The van der Waals surface area contributed by atoms with E-state index in [1.54, 1.807) is 6.20 Å². The standard InChI is InChI=1S/C22H24FN3O/c1-14-8-10-26(11-9-14)20-7-6-16(12-18(20)23)24-13-17-21-15(2)4-3-5-19(21)25-22(17)27/h3-7,12-14,24H,8-11H2,1-2H3,(H,25,27). The van der Waals surface area contributed by atoms with Crippen molar-refractivity contribution in [2.75, 3.05) is 28.6 Å². The van der Waals surface area contributed by atoms with Gasteiger partial charge in [0.25, 0.3) is 5.91 Å². The van der Waals surface area contributed by atoms with E-state index in [2.05, 4.69) is 22.5 Å². The molecule has 1 saturated heterocycles. The van der Waals surface area contributed by atoms with Crippen LogP contribution in [0.1, 0.15) is 30.9 Å². The molecule has 0 atom stereocenters. The molecular formula is C22H24FN3O. The molecule has 2 aliphatic rings. The van der Waals surface area contributed by atoms with E-state index >= 15 is 0 Å². The third kappa shape index (κ3) is 3.42. The zero-order valence-corrected chi connectivity index (χ0v) is 15.7. The molecule has 2 N–H and O–H groups in total. The second kappa shape index (κ2) is 7.06. The maximum atomic E-state index is 14.6. The lowest BCUT2D eigenvalue weighted by atomic mass is 9.99. The number of rotatable bonds is 3. The number of piperidine rings is 1. The largest absolute Gasteiger partial charge is 0.369 e. The van der Waals surface area contributed by atoms with Gasteiger partial charge in [-0.25, -0.2) is 4.39 Å². The fourth-order valence-corrected chi connectivity index (χ4v) is 3.83. The Kier molecular flexibility index (Phi) is 4.60. The second-order valence-electron chi connectivity index (χ2n) is 7.49. The predicted molar refractivity (Wildman–Crippen MR) is 108 cm³/mol. The summed E-state index contributed by atoms with van der Waals surface area (Å²) >= 11 is 0. The van der Waals surface area contributed by atoms with Gasteiger partial charge in [0.1, 0.15) is 5.82 Å². The molecule has 140 valence electrons. The van der Waals surface area contributed by atoms with E-state index in [4.69, 9.17) is 0 Å². The average Bonchev–Trinajstić information content (AvgIpc) is 2.97. The van der Waals surface area contributed by atoms with E-state index in [0.29, 0.717) is 22.9 Å². The van der Waals surface area contributed by atoms with Crippen LogP contribution in [0.4, 0.5) is 21.5 Å². The summed E-state index contributed by atoms with van der Waals surface area (Å²) < 4.78 is 14.6. The fourth-order valence-electron chi connectivity index (χ4n) is 3.83. The Morgan fingerprint density at radius 3 is 2.74 bits per heavy atom. The minimum atomic E-state index is -0.236. The second-order valence-corrected chi connectivity index (χ2v) is 7.49. The zero-order valence-electron chi connectivity index (χ0n) is 15.7. The van der Waals surface area contributed by atoms with Crippen LogP contribution >= 0.6 is 0 Å². The number of fused-ring (bicyclic) bond motifs is 1. The molecule has 0 unspecified atom stereocenters. The lowest BCUT2D eigenvalue weighted by Crippen LogP contribution is -2.33. The van der Waals surface area contributed by atoms with Gasteiger partial charge in [0.15, 0.2) is 0 Å². The summed E-state index contributed by atoms with van der Waals surface area (Å²) in [5, 5.41) is 5.95. The van der Waals surface area contributed by atoms with Crippen molar-refractivity contribution in [3.8, 4) is 0 Å². The van der Waals surface area contributed by atoms with Crippen LogP contribution in [0.3, 0.4) is 0 Å². The van der Waals surface area contributed by atoms with Crippen LogP contribution in [0.2, 0.25) is 0 Å². The number of amides is 1. The van der Waals surface area contributed by atoms with Crippen molar-refractivity contribution in [1.82, 2.24) is 0 Å². The van der Waals surface area contributed by atoms with Gasteiger partial charge < -0.3 is 15.5 Å². The monoisotopic (exact) mass is 365 g/mol. The first-order valence-corrected chi connectivity index (χ1v) is 9.45. The van der Waals surface area contributed by atoms with Gasteiger partial charge in [-0.05, 0) is 55.5 Å². The molecule has 2 aliphatic heterocycles. The molecule has 27 heavy (non-hydrogen) atoms. The van der Waals surface area contributed by atoms with Crippen molar-refractivity contribution >= 4 is 28.5 Å². The van der Waals surface area contributed by atoms with E-state index in [0.717, 1.165) is 42.7 Å². The summed E-state index contributed by atoms with van der Waals surface area (Å²) in [5.41, 5.74) is 4.59. The summed E-state index contributed by atoms with van der Waals surface area (Å²) in [7, 11) is 0. The summed E-state index contributed by atoms with van der Waals surface area (Å²) in [6.07, 6.45) is 3.85. The van der Waals surface area contributed by atoms with Gasteiger partial charge in [-0.3, -0.25) is 4.79 Å². The maximum Gasteiger partial charge on any atom is 0.257 e. The summed E-state index contributed by atoms with van der Waals surface area (Å²) in [6, 6.07) is 10.9. The Morgan fingerprint density at radius 1 is 1.22 bits per heavy atom. The fraction of sp³-hybridized carbons (Fsp3) is 0.318. The first-order valence-electron chi connectivity index (χ1n) is 9.45. The summed E-state index contributed by atoms with van der Waals surface area (Å²) in [4.78, 5) is 14.4. The van der Waals surface area contributed by atoms with E-state index in [-0.39, 0.29) is 11.7 Å². The minimum Gasteiger partial charge on any atom is -0.369 e. The van der Waals surface area contributed by atoms with Crippen molar-refractivity contribution in [1.29, 1.82) is 0 Å². The van der Waals surface area contributed by atoms with Gasteiger partial charge >= 0.3 is 0 Å². The zero-order chi connectivity index (χ0) is 19.0. The molecule has 0 aromatic heterocycles. The number of aryl methyl sites for hydroxylation is 1. The normalized spacial score (nSPS) is 18.6. The molecule has 0 radical (unpaired) electrons. The van der Waals surface area contributed by atoms with Crippen LogP contribution in [0.15, 0.2) is 42.6 Å². The molecule has 0 aliphatic carbocycles. The molecule has 1 fully saturated rings. The number of nitrogens with one attached hydrogen (secondary N) is 2. The van der Waals surface area contributed by atoms with E-state index in [1.807, 2.05) is 37.3 Å². The minimum absolute atomic E-state index is 0.147. The Hall–Kier alpha value is -2.82. The number of nitrogens with zero attached hydrogens (tertiary/aromatic N) is 1. The topological polar surface area (TPSA) is 44.4 Å². The van der Waals surface area contributed by atoms with Crippen LogP contribution in [-0.2, 0) is 4.79 Å². The molecule has 4 rings (SSSR count). The quantitative estimate of drug-likeness (QED) is 0.770. The lowest BCUT2D eigenvalue weighted by Gasteiger charge is -2.32. The molecule has 0 spiro atoms. The van der Waals surface area contributed by atoms with Gasteiger partial charge in [0.2, 0.25) is 0 Å². The van der Waals surface area contributed by atoms with Crippen molar-refractivity contribution in [3.05, 3.63) is 59.5 Å². The molecule has 1 amide bonds. The Bertz CT molecular complexity index is 914. The number of carbonyl (C=O) groups is 1. The number of carbonyl (C=O) groups excluding carboxylic acids is 1. The van der Waals surface area contributed by atoms with Crippen LogP contribution in [-0.4, -0.2) is 19.0 Å². The Balaban J connectivity index is 1.54. The molecule has 5 heteroatoms. The summed E-state index contributed by atoms with van der Waals surface area (Å²) in [6.45, 7) is 6.00. The number of hydrogen-bond acceptors (Lipinski definition) is 3. The Labute approximate surface area is 159 Å². The number of halogens is 1. The van der Waals surface area contributed by atoms with Crippen LogP contribution in [0, 0.1) is 18.7 Å². The predicted octanol–water partition coefficient (Wildman–Crippen LogP) is 4.78. The van der Waals surface area contributed by atoms with E-state index in [9.17, 15) is 9.18 Å². The molecule has 2 aromatic rings. The van der Waals surface area contributed by atoms with Crippen molar-refractivity contribution < 1.29 is 9.18 Å². The highest BCUT2D eigenvalue weighted by molar-refractivity contribution is 6.32. The number of benzene rings is 2. The van der Waals surface area contributed by atoms with Crippen LogP contribution in [0.5, 0.6) is 0 Å². The molecule has 0 bridgehead atoms. The Morgan fingerprint density at radius 2 is 2.00 bits per heavy atom. The maximum absolute atomic E-state index is 14.6. The summed E-state index contributed by atoms with van der Waals surface area (Å²) in [5.74, 6) is 0.326. The average molecular weight is 365 g/mol. The van der Waals surface area contributed by atoms with Gasteiger partial charge in [0, 0.05) is 36.2 Å². The van der Waals surface area contributed by atoms with E-state index in [1.165, 1.54) is 6.07 Å². The molecule has 4 nitrogen and oxygen atoms in total. The first kappa shape index (κ1) is 17.6. The smallest absolute Gasteiger partial charge is 0.257 e. The van der Waals surface area contributed by atoms with Crippen molar-refractivity contribution in [2.45, 2.75) is 26.7 Å². The van der Waals surface area contributed by atoms with Crippen molar-refractivity contribution in [2.24, 2.45) is 5.92 Å². The molecular weight excluding hydrogens is 341 g/mol. The highest BCUT2D eigenvalue weighted by Gasteiger charge is 2.25.